The van der Waals surface area contributed by atoms with Crippen LogP contribution >= 0.6 is 0 Å². The normalized spacial score (nSPS) is 21.6. The molecule has 1 aliphatic rings. The van der Waals surface area contributed by atoms with Gasteiger partial charge in [0.1, 0.15) is 36.3 Å². The molecular formula is C43H70N10O11. The topological polar surface area (TPSA) is 345 Å². The minimum absolute atomic E-state index is 0.00596. The number of aliphatic hydroxyl groups excluding tert-OH is 1. The third kappa shape index (κ3) is 18.2. The Morgan fingerprint density at radius 3 is 1.84 bits per heavy atom. The molecule has 1 aromatic rings. The van der Waals surface area contributed by atoms with E-state index in [9.17, 15) is 48.3 Å². The van der Waals surface area contributed by atoms with E-state index in [1.54, 1.807) is 26.0 Å². The van der Waals surface area contributed by atoms with Gasteiger partial charge in [-0.15, -0.1) is 0 Å². The number of ether oxygens (including phenoxy) is 1. The molecule has 14 N–H and O–H groups in total. The number of primary amides is 1. The summed E-state index contributed by atoms with van der Waals surface area (Å²) in [5.41, 5.74) is 18.3. The molecule has 0 bridgehead atoms. The molecule has 21 heteroatoms. The monoisotopic (exact) mass is 903 g/mol. The molecule has 358 valence electrons. The number of rotatable bonds is 22. The van der Waals surface area contributed by atoms with Crippen molar-refractivity contribution in [1.82, 2.24) is 37.2 Å². The molecule has 0 aliphatic carbocycles. The quantitative estimate of drug-likeness (QED) is 0.0429. The van der Waals surface area contributed by atoms with Gasteiger partial charge in [-0.25, -0.2) is 4.79 Å². The fourth-order valence-electron chi connectivity index (χ4n) is 6.80. The van der Waals surface area contributed by atoms with Crippen molar-refractivity contribution in [1.29, 1.82) is 0 Å². The summed E-state index contributed by atoms with van der Waals surface area (Å²) in [6, 6.07) is -2.23. The van der Waals surface area contributed by atoms with Crippen LogP contribution in [0.3, 0.4) is 0 Å². The number of hydrogen-bond donors (Lipinski definition) is 11. The van der Waals surface area contributed by atoms with Crippen molar-refractivity contribution < 1.29 is 53.0 Å². The highest BCUT2D eigenvalue weighted by Crippen LogP contribution is 2.14. The Morgan fingerprint density at radius 2 is 1.28 bits per heavy atom. The Balaban J connectivity index is 2.42. The lowest BCUT2D eigenvalue weighted by molar-refractivity contribution is -0.162. The minimum atomic E-state index is -2.22. The molecule has 1 heterocycles. The van der Waals surface area contributed by atoms with E-state index >= 15 is 0 Å². The molecule has 8 amide bonds. The van der Waals surface area contributed by atoms with Gasteiger partial charge in [0, 0.05) is 0 Å². The van der Waals surface area contributed by atoms with Crippen LogP contribution in [0.4, 0.5) is 0 Å². The van der Waals surface area contributed by atoms with Gasteiger partial charge in [0.25, 0.3) is 5.91 Å². The van der Waals surface area contributed by atoms with Gasteiger partial charge >= 0.3 is 5.97 Å². The number of esters is 1. The van der Waals surface area contributed by atoms with Crippen LogP contribution < -0.4 is 54.4 Å². The van der Waals surface area contributed by atoms with Crippen LogP contribution in [0.1, 0.15) is 92.6 Å². The van der Waals surface area contributed by atoms with Crippen LogP contribution in [0.15, 0.2) is 30.3 Å². The molecule has 0 aromatic heterocycles. The van der Waals surface area contributed by atoms with Crippen molar-refractivity contribution >= 4 is 53.2 Å². The van der Waals surface area contributed by atoms with E-state index in [4.69, 9.17) is 21.9 Å². The first kappa shape index (κ1) is 54.5. The second-order valence-electron chi connectivity index (χ2n) is 17.4. The van der Waals surface area contributed by atoms with Gasteiger partial charge in [0.2, 0.25) is 47.5 Å². The molecule has 2 rings (SSSR count). The zero-order valence-electron chi connectivity index (χ0n) is 37.9. The second-order valence-corrected chi connectivity index (χ2v) is 17.4. The predicted octanol–water partition coefficient (Wildman–Crippen LogP) is -2.36. The first-order valence-corrected chi connectivity index (χ1v) is 21.8. The van der Waals surface area contributed by atoms with Crippen LogP contribution in [-0.2, 0) is 54.3 Å². The number of unbranched alkanes of at least 4 members (excludes halogenated alkanes) is 1. The highest BCUT2D eigenvalue weighted by molar-refractivity contribution is 6.00. The van der Waals surface area contributed by atoms with Crippen molar-refractivity contribution in [3.8, 4) is 0 Å². The Labute approximate surface area is 374 Å². The number of carbonyl (C=O) groups is 9. The molecule has 1 saturated heterocycles. The van der Waals surface area contributed by atoms with Gasteiger partial charge in [-0.3, -0.25) is 38.4 Å². The summed E-state index contributed by atoms with van der Waals surface area (Å²) in [6.45, 7) is 11.3. The number of cyclic esters (lactones) is 1. The average Bonchev–Trinajstić information content (AvgIpc) is 3.22. The molecular weight excluding hydrogens is 833 g/mol. The summed E-state index contributed by atoms with van der Waals surface area (Å²) in [5, 5.41) is 27.7. The highest BCUT2D eigenvalue weighted by Gasteiger charge is 2.42. The SMILES string of the molecule is CC(C)C[C@@H]1NC(=O)[C@@H](C)NC(=O)[C@@H](NC(=O)[C@@H](CO)NC(=O)[C@H](CCCCN)NC(=O)[C@@H](CC(C)C)NC(=O)[C@H](N)Cc2ccccc2)[C@H](C(N)=O)OC(=O)[C@@H](CC(C)C)NC1=O. The lowest BCUT2D eigenvalue weighted by atomic mass is 10.00. The van der Waals surface area contributed by atoms with Crippen LogP contribution in [0, 0.1) is 17.8 Å². The molecule has 21 nitrogen and oxygen atoms in total. The van der Waals surface area contributed by atoms with Crippen molar-refractivity contribution in [3.63, 3.8) is 0 Å². The van der Waals surface area contributed by atoms with Gasteiger partial charge in [-0.05, 0) is 81.7 Å². The van der Waals surface area contributed by atoms with E-state index in [-0.39, 0.29) is 56.4 Å². The van der Waals surface area contributed by atoms with Crippen LogP contribution in [0.25, 0.3) is 0 Å². The van der Waals surface area contributed by atoms with Gasteiger partial charge in [0.05, 0.1) is 12.6 Å². The van der Waals surface area contributed by atoms with Crippen molar-refractivity contribution in [3.05, 3.63) is 35.9 Å². The summed E-state index contributed by atoms with van der Waals surface area (Å²) >= 11 is 0. The van der Waals surface area contributed by atoms with Crippen molar-refractivity contribution in [2.24, 2.45) is 35.0 Å². The summed E-state index contributed by atoms with van der Waals surface area (Å²) in [4.78, 5) is 122. The fourth-order valence-corrected chi connectivity index (χ4v) is 6.80. The summed E-state index contributed by atoms with van der Waals surface area (Å²) in [6.07, 6.45) is -0.880. The van der Waals surface area contributed by atoms with E-state index in [0.717, 1.165) is 5.56 Å². The number of benzene rings is 1. The van der Waals surface area contributed by atoms with Gasteiger partial charge < -0.3 is 64.3 Å². The fraction of sp³-hybridized carbons (Fsp3) is 0.651. The third-order valence-corrected chi connectivity index (χ3v) is 10.2. The van der Waals surface area contributed by atoms with Crippen molar-refractivity contribution in [2.45, 2.75) is 148 Å². The average molecular weight is 903 g/mol. The maximum absolute atomic E-state index is 13.9. The Kier molecular flexibility index (Phi) is 22.8. The Morgan fingerprint density at radius 1 is 0.719 bits per heavy atom. The van der Waals surface area contributed by atoms with E-state index in [1.807, 2.05) is 45.9 Å². The Bertz CT molecular complexity index is 1760. The van der Waals surface area contributed by atoms with Crippen molar-refractivity contribution in [2.75, 3.05) is 13.2 Å². The maximum Gasteiger partial charge on any atom is 0.329 e. The van der Waals surface area contributed by atoms with E-state index in [0.29, 0.717) is 12.8 Å². The molecule has 64 heavy (non-hydrogen) atoms. The van der Waals surface area contributed by atoms with E-state index in [1.165, 1.54) is 6.92 Å². The third-order valence-electron chi connectivity index (χ3n) is 10.2. The van der Waals surface area contributed by atoms with Gasteiger partial charge in [-0.2, -0.15) is 0 Å². The number of nitrogens with two attached hydrogens (primary N) is 3. The largest absolute Gasteiger partial charge is 0.448 e. The number of carbonyl (C=O) groups excluding carboxylic acids is 9. The standard InChI is InChI=1S/C43H70N10O11/c1-22(2)17-29-40(60)51-31(19-24(5)6)43(63)64-34(35(46)55)33(42(62)47-25(7)36(56)49-29)53-41(61)32(21-54)52-38(58)28(15-11-12-16-44)48-39(59)30(18-23(3)4)50-37(57)27(45)20-26-13-9-8-10-14-26/h8-10,13-14,22-25,27-34,54H,11-12,15-21,44-45H2,1-7H3,(H2,46,55)(H,47,62)(H,48,59)(H,49,56)(H,50,57)(H,51,60)(H,52,58)(H,53,61)/t25-,27-,28+,29+,30-,31-,32-,33+,34-/m1/s1. The highest BCUT2D eigenvalue weighted by atomic mass is 16.6. The van der Waals surface area contributed by atoms with E-state index < -0.39 is 114 Å². The number of hydrogen-bond acceptors (Lipinski definition) is 13. The first-order valence-electron chi connectivity index (χ1n) is 21.8. The molecule has 1 aromatic carbocycles. The molecule has 0 radical (unpaired) electrons. The molecule has 9 atom stereocenters. The van der Waals surface area contributed by atoms with Crippen LogP contribution in [0.2, 0.25) is 0 Å². The first-order chi connectivity index (χ1) is 30.1. The number of nitrogens with one attached hydrogen (secondary N) is 7. The predicted molar refractivity (Wildman–Crippen MR) is 235 cm³/mol. The lowest BCUT2D eigenvalue weighted by Gasteiger charge is -2.29. The van der Waals surface area contributed by atoms with Crippen LogP contribution in [-0.4, -0.2) is 126 Å². The van der Waals surface area contributed by atoms with E-state index in [2.05, 4.69) is 37.2 Å². The molecule has 1 aliphatic heterocycles. The molecule has 0 saturated carbocycles. The zero-order valence-corrected chi connectivity index (χ0v) is 37.9. The van der Waals surface area contributed by atoms with Gasteiger partial charge in [-0.1, -0.05) is 71.9 Å². The molecule has 0 unspecified atom stereocenters. The zero-order chi connectivity index (χ0) is 48.3. The van der Waals surface area contributed by atoms with Crippen LogP contribution in [0.5, 0.6) is 0 Å². The Hall–Kier alpha value is -5.67. The lowest BCUT2D eigenvalue weighted by Crippen LogP contribution is -2.64. The number of amides is 8. The molecule has 0 spiro atoms. The summed E-state index contributed by atoms with van der Waals surface area (Å²) in [5.74, 6) is -9.23. The second kappa shape index (κ2) is 26.8. The maximum atomic E-state index is 13.9. The minimum Gasteiger partial charge on any atom is -0.448 e. The van der Waals surface area contributed by atoms with Gasteiger partial charge in [0.15, 0.2) is 6.04 Å². The number of aliphatic hydroxyl groups is 1. The molecule has 1 fully saturated rings. The summed E-state index contributed by atoms with van der Waals surface area (Å²) in [7, 11) is 0. The summed E-state index contributed by atoms with van der Waals surface area (Å²) < 4.78 is 5.45. The smallest absolute Gasteiger partial charge is 0.329 e.